The average Bonchev–Trinajstić information content (AvgIpc) is 3.27. The summed E-state index contributed by atoms with van der Waals surface area (Å²) in [5, 5.41) is 11.7. The highest BCUT2D eigenvalue weighted by molar-refractivity contribution is 6.04. The van der Waals surface area contributed by atoms with Gasteiger partial charge in [-0.15, -0.1) is 0 Å². The minimum absolute atomic E-state index is 0.136. The number of nitriles is 1. The zero-order valence-electron chi connectivity index (χ0n) is 15.0. The molecule has 0 bridgehead atoms. The van der Waals surface area contributed by atoms with Crippen molar-refractivity contribution in [3.8, 4) is 6.07 Å². The summed E-state index contributed by atoms with van der Waals surface area (Å²) in [4.78, 5) is 26.7. The number of anilines is 1. The summed E-state index contributed by atoms with van der Waals surface area (Å²) < 4.78 is 5.21. The van der Waals surface area contributed by atoms with Gasteiger partial charge in [-0.1, -0.05) is 6.07 Å². The molecule has 1 aliphatic heterocycles. The van der Waals surface area contributed by atoms with Crippen LogP contribution < -0.4 is 5.32 Å². The van der Waals surface area contributed by atoms with Crippen molar-refractivity contribution in [2.75, 3.05) is 11.9 Å². The Morgan fingerprint density at radius 1 is 1.07 bits per heavy atom. The van der Waals surface area contributed by atoms with E-state index in [-0.39, 0.29) is 11.8 Å². The summed E-state index contributed by atoms with van der Waals surface area (Å²) in [6, 6.07) is 17.6. The van der Waals surface area contributed by atoms with Gasteiger partial charge in [-0.3, -0.25) is 9.59 Å². The van der Waals surface area contributed by atoms with E-state index in [4.69, 9.17) is 9.68 Å². The molecule has 0 saturated carbocycles. The van der Waals surface area contributed by atoms with Crippen LogP contribution in [0.5, 0.6) is 0 Å². The fraction of sp³-hybridized carbons (Fsp3) is 0.136. The van der Waals surface area contributed by atoms with Crippen molar-refractivity contribution < 1.29 is 14.0 Å². The number of carbonyl (C=O) groups is 2. The van der Waals surface area contributed by atoms with E-state index in [0.717, 1.165) is 12.0 Å². The number of nitrogens with one attached hydrogen (secondary N) is 1. The molecule has 2 heterocycles. The van der Waals surface area contributed by atoms with Crippen molar-refractivity contribution in [3.05, 3.63) is 88.9 Å². The summed E-state index contributed by atoms with van der Waals surface area (Å²) in [7, 11) is 0. The Morgan fingerprint density at radius 3 is 2.61 bits per heavy atom. The highest BCUT2D eigenvalue weighted by Gasteiger charge is 2.23. The highest BCUT2D eigenvalue weighted by atomic mass is 16.3. The van der Waals surface area contributed by atoms with Crippen molar-refractivity contribution in [2.24, 2.45) is 0 Å². The van der Waals surface area contributed by atoms with Gasteiger partial charge in [0.25, 0.3) is 11.8 Å². The van der Waals surface area contributed by atoms with Crippen molar-refractivity contribution in [3.63, 3.8) is 0 Å². The second-order valence-corrected chi connectivity index (χ2v) is 6.58. The first kappa shape index (κ1) is 17.6. The van der Waals surface area contributed by atoms with Crippen LogP contribution in [0.15, 0.2) is 65.3 Å². The Hall–Kier alpha value is -3.85. The number of hydrogen-bond donors (Lipinski definition) is 1. The van der Waals surface area contributed by atoms with E-state index in [1.807, 2.05) is 24.3 Å². The van der Waals surface area contributed by atoms with E-state index in [2.05, 4.69) is 5.32 Å². The van der Waals surface area contributed by atoms with Gasteiger partial charge in [0.05, 0.1) is 17.9 Å². The Kier molecular flexibility index (Phi) is 4.65. The molecule has 28 heavy (non-hydrogen) atoms. The maximum absolute atomic E-state index is 12.5. The molecule has 1 N–H and O–H groups in total. The molecule has 6 nitrogen and oxygen atoms in total. The largest absolute Gasteiger partial charge is 0.459 e. The van der Waals surface area contributed by atoms with Gasteiger partial charge < -0.3 is 14.6 Å². The number of nitrogens with zero attached hydrogens (tertiary/aromatic N) is 2. The molecule has 2 amide bonds. The van der Waals surface area contributed by atoms with E-state index in [1.165, 1.54) is 11.8 Å². The van der Waals surface area contributed by atoms with Gasteiger partial charge in [-0.2, -0.15) is 5.26 Å². The number of amides is 2. The molecule has 2 aromatic carbocycles. The molecular weight excluding hydrogens is 354 g/mol. The number of rotatable bonds is 3. The lowest BCUT2D eigenvalue weighted by atomic mass is 9.98. The molecule has 138 valence electrons. The monoisotopic (exact) mass is 371 g/mol. The van der Waals surface area contributed by atoms with Crippen molar-refractivity contribution >= 4 is 17.5 Å². The third-order valence-corrected chi connectivity index (χ3v) is 4.77. The van der Waals surface area contributed by atoms with E-state index >= 15 is 0 Å². The molecule has 4 rings (SSSR count). The Labute approximate surface area is 162 Å². The lowest BCUT2D eigenvalue weighted by Crippen LogP contribution is -2.35. The topological polar surface area (TPSA) is 86.3 Å². The molecule has 0 radical (unpaired) electrons. The number of hydrogen-bond acceptors (Lipinski definition) is 4. The van der Waals surface area contributed by atoms with Gasteiger partial charge in [-0.25, -0.2) is 0 Å². The zero-order chi connectivity index (χ0) is 19.5. The normalized spacial score (nSPS) is 12.8. The van der Waals surface area contributed by atoms with Gasteiger partial charge in [-0.05, 0) is 66.1 Å². The second-order valence-electron chi connectivity index (χ2n) is 6.58. The van der Waals surface area contributed by atoms with Crippen molar-refractivity contribution in [1.82, 2.24) is 4.90 Å². The third-order valence-electron chi connectivity index (χ3n) is 4.77. The number of furan rings is 1. The summed E-state index contributed by atoms with van der Waals surface area (Å²) in [5.74, 6) is -0.0554. The summed E-state index contributed by atoms with van der Waals surface area (Å²) in [5.41, 5.74) is 3.82. The highest BCUT2D eigenvalue weighted by Crippen LogP contribution is 2.24. The predicted molar refractivity (Wildman–Crippen MR) is 103 cm³/mol. The molecule has 0 atom stereocenters. The first-order valence-electron chi connectivity index (χ1n) is 8.90. The fourth-order valence-corrected chi connectivity index (χ4v) is 3.26. The summed E-state index contributed by atoms with van der Waals surface area (Å²) >= 11 is 0. The molecule has 0 saturated heterocycles. The van der Waals surface area contributed by atoms with Crippen LogP contribution in [0.1, 0.15) is 37.6 Å². The van der Waals surface area contributed by atoms with Gasteiger partial charge in [0.2, 0.25) is 0 Å². The number of benzene rings is 2. The van der Waals surface area contributed by atoms with Crippen LogP contribution in [0.3, 0.4) is 0 Å². The van der Waals surface area contributed by atoms with Gasteiger partial charge in [0.15, 0.2) is 5.76 Å². The lowest BCUT2D eigenvalue weighted by Gasteiger charge is -2.28. The standard InChI is InChI=1S/C22H17N3O3/c23-13-15-3-5-17(6-4-15)21(26)24-19-8-7-16-9-10-25(14-18(16)12-19)22(27)20-2-1-11-28-20/h1-8,11-12H,9-10,14H2,(H,24,26). The van der Waals surface area contributed by atoms with E-state index in [9.17, 15) is 9.59 Å². The van der Waals surface area contributed by atoms with Gasteiger partial charge in [0.1, 0.15) is 0 Å². The predicted octanol–water partition coefficient (Wildman–Crippen LogP) is 3.60. The van der Waals surface area contributed by atoms with Gasteiger partial charge in [0, 0.05) is 24.3 Å². The fourth-order valence-electron chi connectivity index (χ4n) is 3.26. The van der Waals surface area contributed by atoms with Crippen LogP contribution in [0.2, 0.25) is 0 Å². The summed E-state index contributed by atoms with van der Waals surface area (Å²) in [6.45, 7) is 1.10. The Balaban J connectivity index is 1.49. The average molecular weight is 371 g/mol. The van der Waals surface area contributed by atoms with Crippen LogP contribution in [-0.4, -0.2) is 23.3 Å². The molecule has 1 aromatic heterocycles. The zero-order valence-corrected chi connectivity index (χ0v) is 15.0. The molecule has 0 fully saturated rings. The second kappa shape index (κ2) is 7.41. The maximum Gasteiger partial charge on any atom is 0.289 e. The minimum Gasteiger partial charge on any atom is -0.459 e. The summed E-state index contributed by atoms with van der Waals surface area (Å²) in [6.07, 6.45) is 2.24. The lowest BCUT2D eigenvalue weighted by molar-refractivity contribution is 0.0702. The molecule has 6 heteroatoms. The van der Waals surface area contributed by atoms with E-state index in [0.29, 0.717) is 35.7 Å². The van der Waals surface area contributed by atoms with Crippen LogP contribution in [0, 0.1) is 11.3 Å². The molecule has 1 aliphatic rings. The van der Waals surface area contributed by atoms with E-state index in [1.54, 1.807) is 41.3 Å². The van der Waals surface area contributed by atoms with Crippen molar-refractivity contribution in [1.29, 1.82) is 5.26 Å². The third kappa shape index (κ3) is 3.51. The minimum atomic E-state index is -0.247. The van der Waals surface area contributed by atoms with E-state index < -0.39 is 0 Å². The molecule has 0 aliphatic carbocycles. The molecule has 0 spiro atoms. The maximum atomic E-state index is 12.5. The van der Waals surface area contributed by atoms with Gasteiger partial charge >= 0.3 is 0 Å². The van der Waals surface area contributed by atoms with Crippen LogP contribution in [-0.2, 0) is 13.0 Å². The van der Waals surface area contributed by atoms with Crippen molar-refractivity contribution in [2.45, 2.75) is 13.0 Å². The SMILES string of the molecule is N#Cc1ccc(C(=O)Nc2ccc3c(c2)CN(C(=O)c2ccco2)CC3)cc1. The Bertz CT molecular complexity index is 1060. The first-order valence-corrected chi connectivity index (χ1v) is 8.90. The number of carbonyl (C=O) groups excluding carboxylic acids is 2. The first-order chi connectivity index (χ1) is 13.6. The van der Waals surface area contributed by atoms with Crippen LogP contribution in [0.25, 0.3) is 0 Å². The molecule has 3 aromatic rings. The molecular formula is C22H17N3O3. The number of fused-ring (bicyclic) bond motifs is 1. The van der Waals surface area contributed by atoms with Crippen LogP contribution >= 0.6 is 0 Å². The molecule has 0 unspecified atom stereocenters. The Morgan fingerprint density at radius 2 is 1.89 bits per heavy atom. The van der Waals surface area contributed by atoms with Crippen LogP contribution in [0.4, 0.5) is 5.69 Å². The smallest absolute Gasteiger partial charge is 0.289 e. The quantitative estimate of drug-likeness (QED) is 0.762.